The van der Waals surface area contributed by atoms with Gasteiger partial charge in [0.25, 0.3) is 22.2 Å². The van der Waals surface area contributed by atoms with Gasteiger partial charge in [0.15, 0.2) is 0 Å². The summed E-state index contributed by atoms with van der Waals surface area (Å²) >= 11 is 6.70. The standard InChI is InChI=1S/C25H32ClN7O.C25H35N7O.2C23H29N5O/c1-14-11-18(27)25(12-14)6-9-33(10-7-25)24-31-17-13-29-21(19(17)23(34)32(24)2)16-5-8-28-22(20(16)26)30-15-3-4-15;1-15-8-9-25(22(15)26)10-12-32(13-11-25)24-29-18-14-27-21(20(18)23(33)31(24)5)17-6-7-19(30(3)4)28-16(17)2;1-15-12-18(24)23(13-15)8-10-28(11-9-23)22-26-17-14-25-20(16-6-4-3-5-7-16)19(17)21(29)27(22)2;1-15-8-9-23(20(15)24)10-12-28(13-11-23)22-26-17-14-25-19(16-6-4-3-5-7-16)18(17)21(29)27(22)2/h5,8,14-15,18H,3-4,6-7,9-13,27H2,1-2H3,(H,28,30);6-7,15,22H,8-14,26H2,1-5H3;3-7,15,18H,8-14,24H2,1-2H3;3-7,15,20H,8-14,24H2,1-2H3/t14-,18-;15-,22-;15-,18-;15-,20-/m1111/s1. The van der Waals surface area contributed by atoms with E-state index in [2.05, 4.69) is 72.6 Å². The Morgan fingerprint density at radius 2 is 0.768 bits per heavy atom. The van der Waals surface area contributed by atoms with Crippen LogP contribution in [0.1, 0.15) is 216 Å². The van der Waals surface area contributed by atoms with E-state index in [0.29, 0.717) is 112 Å². The quantitative estimate of drug-likeness (QED) is 0.0803. The second kappa shape index (κ2) is 33.9. The van der Waals surface area contributed by atoms with Crippen LogP contribution < -0.4 is 75.0 Å². The number of nitrogens with two attached hydrogens (primary N) is 4. The summed E-state index contributed by atoms with van der Waals surface area (Å²) in [4.78, 5) is 112. The Morgan fingerprint density at radius 1 is 0.424 bits per heavy atom. The normalized spacial score (nSPS) is 25.0. The minimum absolute atomic E-state index is 0.00317. The van der Waals surface area contributed by atoms with Crippen LogP contribution in [0.4, 0.5) is 35.4 Å². The first kappa shape index (κ1) is 85.7. The topological polar surface area (TPSA) is 347 Å². The Balaban J connectivity index is 0.000000113. The van der Waals surface area contributed by atoms with Crippen LogP contribution in [0.2, 0.25) is 5.02 Å². The number of aryl methyl sites for hydroxylation is 1. The van der Waals surface area contributed by atoms with Crippen molar-refractivity contribution in [1.82, 2.24) is 48.2 Å². The minimum Gasteiger partial charge on any atom is -0.366 e. The zero-order chi connectivity index (χ0) is 87.4. The van der Waals surface area contributed by atoms with Crippen LogP contribution in [0.25, 0.3) is 0 Å². The summed E-state index contributed by atoms with van der Waals surface area (Å²) in [7, 11) is 11.2. The van der Waals surface area contributed by atoms with E-state index in [9.17, 15) is 19.2 Å². The van der Waals surface area contributed by atoms with Crippen LogP contribution in [-0.4, -0.2) is 168 Å². The molecular formula is C96H125ClN24O4. The molecule has 6 aromatic heterocycles. The van der Waals surface area contributed by atoms with Crippen molar-refractivity contribution in [3.8, 4) is 0 Å². The lowest BCUT2D eigenvalue weighted by atomic mass is 9.73. The molecule has 28 nitrogen and oxygen atoms in total. The van der Waals surface area contributed by atoms with E-state index in [1.54, 1.807) is 24.5 Å². The highest BCUT2D eigenvalue weighted by atomic mass is 35.5. The van der Waals surface area contributed by atoms with Crippen LogP contribution in [0.5, 0.6) is 0 Å². The van der Waals surface area contributed by atoms with Gasteiger partial charge in [-0.15, -0.1) is 0 Å². The van der Waals surface area contributed by atoms with Crippen LogP contribution in [0, 0.1) is 52.3 Å². The van der Waals surface area contributed by atoms with Crippen LogP contribution in [0.15, 0.2) is 124 Å². The largest absolute Gasteiger partial charge is 0.366 e. The van der Waals surface area contributed by atoms with Gasteiger partial charge in [0.05, 0.1) is 99.1 Å². The van der Waals surface area contributed by atoms with Crippen molar-refractivity contribution in [2.45, 2.75) is 207 Å². The van der Waals surface area contributed by atoms with E-state index < -0.39 is 0 Å². The van der Waals surface area contributed by atoms with Crippen molar-refractivity contribution in [1.29, 1.82) is 0 Å². The molecule has 0 radical (unpaired) electrons. The number of benzene rings is 2. The van der Waals surface area contributed by atoms with Gasteiger partial charge in [0, 0.05) is 159 Å². The molecule has 125 heavy (non-hydrogen) atoms. The molecule has 21 rings (SSSR count). The van der Waals surface area contributed by atoms with E-state index in [1.807, 2.05) is 133 Å². The molecule has 5 aliphatic carbocycles. The maximum atomic E-state index is 13.6. The summed E-state index contributed by atoms with van der Waals surface area (Å²) < 4.78 is 6.79. The van der Waals surface area contributed by atoms with Gasteiger partial charge < -0.3 is 52.8 Å². The summed E-state index contributed by atoms with van der Waals surface area (Å²) in [6.45, 7) is 20.1. The van der Waals surface area contributed by atoms with Gasteiger partial charge in [-0.1, -0.05) is 100.0 Å². The predicted molar refractivity (Wildman–Crippen MR) is 498 cm³/mol. The number of anilines is 6. The number of aliphatic imine (C=N–C) groups is 4. The Hall–Kier alpha value is -10.1. The smallest absolute Gasteiger partial charge is 0.264 e. The highest BCUT2D eigenvalue weighted by molar-refractivity contribution is 6.38. The summed E-state index contributed by atoms with van der Waals surface area (Å²) in [5, 5.41) is 3.87. The number of rotatable bonds is 11. The lowest BCUT2D eigenvalue weighted by Crippen LogP contribution is -2.49. The molecule has 9 N–H and O–H groups in total. The van der Waals surface area contributed by atoms with Gasteiger partial charge in [-0.2, -0.15) is 0 Å². The summed E-state index contributed by atoms with van der Waals surface area (Å²) in [6.07, 6.45) is 22.1. The van der Waals surface area contributed by atoms with Crippen molar-refractivity contribution in [2.75, 3.05) is 96.3 Å². The van der Waals surface area contributed by atoms with E-state index in [1.165, 1.54) is 38.5 Å². The molecule has 4 saturated heterocycles. The highest BCUT2D eigenvalue weighted by Crippen LogP contribution is 2.53. The Morgan fingerprint density at radius 3 is 1.09 bits per heavy atom. The number of nitrogens with one attached hydrogen (secondary N) is 1. The van der Waals surface area contributed by atoms with E-state index in [4.69, 9.17) is 64.5 Å². The molecule has 660 valence electrons. The van der Waals surface area contributed by atoms with Crippen LogP contribution in [-0.2, 0) is 54.4 Å². The zero-order valence-electron chi connectivity index (χ0n) is 74.8. The average Bonchev–Trinajstić information content (AvgIpc) is 1.65. The monoisotopic (exact) mass is 1710 g/mol. The first-order chi connectivity index (χ1) is 60.1. The van der Waals surface area contributed by atoms with Gasteiger partial charge in [0.2, 0.25) is 23.8 Å². The number of nitrogens with zero attached hydrogens (tertiary/aromatic N) is 19. The number of aromatic nitrogens is 10. The molecule has 0 unspecified atom stereocenters. The SMILES string of the molecule is C[C@@H]1CCC2(CCN(c3nc4c(c(=O)n3C)C(c3ccccc3)=NC4)CC2)[C@@H]1N.C[C@@H]1C[C@@H](N)C2(CCN(c3nc4c(c(=O)n3C)C(c3ccccc3)=NC4)CC2)C1.C[C@@H]1C[C@@H](N)C2(CCN(c3nc4c(c(=O)n3C)C(c3ccnc(NC5CC5)c3Cl)=NC4)CC2)C1.Cc1nc(N(C)C)ccc1C1=NCc2nc(N3CCC4(CC[C@@H](C)[C@H]4N)CC3)n(C)c(=O)c21. The number of fused-ring (bicyclic) bond motifs is 4. The van der Waals surface area contributed by atoms with Crippen LogP contribution in [0.3, 0.4) is 0 Å². The molecule has 8 aromatic rings. The summed E-state index contributed by atoms with van der Waals surface area (Å²) in [5.74, 6) is 7.18. The van der Waals surface area contributed by atoms with Crippen molar-refractivity contribution in [3.05, 3.63) is 204 Å². The predicted octanol–water partition coefficient (Wildman–Crippen LogP) is 10.3. The molecule has 29 heteroatoms. The second-order valence-corrected chi connectivity index (χ2v) is 39.6. The Kier molecular flexibility index (Phi) is 23.2. The molecule has 0 amide bonds. The number of hydrogen-bond donors (Lipinski definition) is 5. The van der Waals surface area contributed by atoms with E-state index in [-0.39, 0.29) is 56.0 Å². The van der Waals surface area contributed by atoms with Gasteiger partial charge in [-0.05, 0) is 186 Å². The second-order valence-electron chi connectivity index (χ2n) is 39.2. The lowest BCUT2D eigenvalue weighted by Gasteiger charge is -2.43. The van der Waals surface area contributed by atoms with Crippen molar-refractivity contribution < 1.29 is 0 Å². The van der Waals surface area contributed by atoms with Gasteiger partial charge in [-0.3, -0.25) is 57.4 Å². The zero-order valence-corrected chi connectivity index (χ0v) is 75.6. The number of halogens is 1. The number of hydrogen-bond acceptors (Lipinski definition) is 24. The van der Waals surface area contributed by atoms with Gasteiger partial charge in [-0.25, -0.2) is 29.9 Å². The molecule has 9 fully saturated rings. The first-order valence-electron chi connectivity index (χ1n) is 45.8. The molecule has 4 spiro atoms. The lowest BCUT2D eigenvalue weighted by molar-refractivity contribution is 0.185. The van der Waals surface area contributed by atoms with E-state index >= 15 is 0 Å². The maximum Gasteiger partial charge on any atom is 0.264 e. The third kappa shape index (κ3) is 15.6. The third-order valence-corrected chi connectivity index (χ3v) is 31.6. The molecule has 14 heterocycles. The molecule has 13 aliphatic rings. The first-order valence-corrected chi connectivity index (χ1v) is 46.2. The Bertz CT molecular complexity index is 5710. The molecule has 8 atom stereocenters. The van der Waals surface area contributed by atoms with Crippen LogP contribution >= 0.6 is 11.6 Å². The summed E-state index contributed by atoms with van der Waals surface area (Å²) in [5.41, 5.74) is 40.0. The summed E-state index contributed by atoms with van der Waals surface area (Å²) in [6, 6.07) is 27.2. The van der Waals surface area contributed by atoms with E-state index in [0.717, 1.165) is 221 Å². The fourth-order valence-electron chi connectivity index (χ4n) is 23.4. The van der Waals surface area contributed by atoms with Crippen molar-refractivity contribution in [3.63, 3.8) is 0 Å². The highest BCUT2D eigenvalue weighted by Gasteiger charge is 2.51. The third-order valence-electron chi connectivity index (χ3n) is 31.2. The molecule has 8 aliphatic heterocycles. The van der Waals surface area contributed by atoms with Gasteiger partial charge in [0.1, 0.15) is 11.6 Å². The molecule has 2 aromatic carbocycles. The van der Waals surface area contributed by atoms with Crippen molar-refractivity contribution >= 4 is 69.9 Å². The molecular weight excluding hydrogens is 1590 g/mol. The molecule has 0 bridgehead atoms. The average molecular weight is 1710 g/mol. The van der Waals surface area contributed by atoms with Crippen molar-refractivity contribution in [2.24, 2.45) is 116 Å². The fraction of sp³-hybridized carbons (Fsp3) is 0.562. The number of piperidine rings is 4. The maximum absolute atomic E-state index is 13.6. The molecule has 5 saturated carbocycles. The minimum atomic E-state index is -0.0766. The number of pyridine rings is 2. The Labute approximate surface area is 737 Å². The fourth-order valence-corrected chi connectivity index (χ4v) is 23.6. The van der Waals surface area contributed by atoms with Gasteiger partial charge >= 0.3 is 0 Å².